The van der Waals surface area contributed by atoms with Crippen LogP contribution in [0.3, 0.4) is 0 Å². The van der Waals surface area contributed by atoms with Crippen LogP contribution in [0.25, 0.3) is 27.9 Å². The van der Waals surface area contributed by atoms with E-state index in [9.17, 15) is 18.0 Å². The van der Waals surface area contributed by atoms with Gasteiger partial charge in [-0.25, -0.2) is 9.48 Å². The van der Waals surface area contributed by atoms with E-state index in [1.165, 1.54) is 21.3 Å². The molecule has 0 N–H and O–H groups in total. The molecule has 0 atom stereocenters. The van der Waals surface area contributed by atoms with E-state index >= 15 is 0 Å². The van der Waals surface area contributed by atoms with Crippen molar-refractivity contribution in [2.75, 3.05) is 0 Å². The lowest BCUT2D eigenvalue weighted by Gasteiger charge is -2.10. The predicted molar refractivity (Wildman–Crippen MR) is 124 cm³/mol. The molecule has 5 rings (SSSR count). The topological polar surface area (TPSA) is 52.2 Å². The van der Waals surface area contributed by atoms with Gasteiger partial charge in [0.2, 0.25) is 0 Å². The number of aromatic nitrogens is 4. The molecule has 34 heavy (non-hydrogen) atoms. The van der Waals surface area contributed by atoms with Crippen LogP contribution < -0.4 is 5.69 Å². The number of nitrogens with zero attached hydrogens (tertiary/aromatic N) is 4. The van der Waals surface area contributed by atoms with Crippen molar-refractivity contribution < 1.29 is 13.2 Å². The van der Waals surface area contributed by atoms with Crippen molar-refractivity contribution in [1.29, 1.82) is 0 Å². The van der Waals surface area contributed by atoms with Gasteiger partial charge in [-0.3, -0.25) is 0 Å². The van der Waals surface area contributed by atoms with E-state index < -0.39 is 17.4 Å². The fourth-order valence-corrected chi connectivity index (χ4v) is 3.90. The van der Waals surface area contributed by atoms with Crippen molar-refractivity contribution in [2.24, 2.45) is 0 Å². The first kappa shape index (κ1) is 21.9. The third-order valence-electron chi connectivity index (χ3n) is 5.44. The van der Waals surface area contributed by atoms with E-state index in [0.29, 0.717) is 21.8 Å². The predicted octanol–water partition coefficient (Wildman–Crippen LogP) is 5.95. The van der Waals surface area contributed by atoms with Gasteiger partial charge in [0, 0.05) is 16.1 Å². The fourth-order valence-electron chi connectivity index (χ4n) is 3.77. The second kappa shape index (κ2) is 8.46. The minimum atomic E-state index is -4.43. The number of alkyl halides is 3. The van der Waals surface area contributed by atoms with Crippen LogP contribution in [0.2, 0.25) is 5.02 Å². The molecular formula is C25H16ClF3N4O. The van der Waals surface area contributed by atoms with Crippen molar-refractivity contribution >= 4 is 17.2 Å². The van der Waals surface area contributed by atoms with Crippen molar-refractivity contribution in [3.63, 3.8) is 0 Å². The zero-order chi connectivity index (χ0) is 23.9. The zero-order valence-corrected chi connectivity index (χ0v) is 18.3. The van der Waals surface area contributed by atoms with Gasteiger partial charge in [0.05, 0.1) is 18.3 Å². The third kappa shape index (κ3) is 4.08. The van der Waals surface area contributed by atoms with Gasteiger partial charge in [-0.15, -0.1) is 5.10 Å². The number of fused-ring (bicyclic) bond motifs is 1. The van der Waals surface area contributed by atoms with E-state index in [1.807, 2.05) is 42.5 Å². The van der Waals surface area contributed by atoms with Crippen LogP contribution in [-0.2, 0) is 12.7 Å². The Morgan fingerprint density at radius 1 is 0.853 bits per heavy atom. The molecule has 5 nitrogen and oxygen atoms in total. The van der Waals surface area contributed by atoms with Crippen molar-refractivity contribution in [2.45, 2.75) is 12.7 Å². The van der Waals surface area contributed by atoms with Crippen molar-refractivity contribution in [3.05, 3.63) is 112 Å². The molecular weight excluding hydrogens is 465 g/mol. The largest absolute Gasteiger partial charge is 0.416 e. The molecule has 0 fully saturated rings. The summed E-state index contributed by atoms with van der Waals surface area (Å²) in [5.41, 5.74) is 2.78. The van der Waals surface area contributed by atoms with Crippen LogP contribution in [0, 0.1) is 0 Å². The van der Waals surface area contributed by atoms with E-state index in [0.717, 1.165) is 28.8 Å². The Balaban J connectivity index is 1.65. The quantitative estimate of drug-likeness (QED) is 0.319. The summed E-state index contributed by atoms with van der Waals surface area (Å²) in [5.74, 6) is 0. The lowest BCUT2D eigenvalue weighted by atomic mass is 9.97. The number of halogens is 4. The van der Waals surface area contributed by atoms with Crippen LogP contribution in [0.4, 0.5) is 13.2 Å². The minimum Gasteiger partial charge on any atom is -0.244 e. The number of rotatable bonds is 4. The highest BCUT2D eigenvalue weighted by Gasteiger charge is 2.30. The Morgan fingerprint density at radius 2 is 1.53 bits per heavy atom. The third-order valence-corrected chi connectivity index (χ3v) is 5.70. The molecule has 170 valence electrons. The number of benzene rings is 3. The molecule has 0 unspecified atom stereocenters. The summed E-state index contributed by atoms with van der Waals surface area (Å²) in [6.45, 7) is 0.00480. The van der Waals surface area contributed by atoms with Gasteiger partial charge in [0.15, 0.2) is 5.65 Å². The molecule has 0 amide bonds. The molecule has 0 aliphatic carbocycles. The maximum Gasteiger partial charge on any atom is 0.416 e. The summed E-state index contributed by atoms with van der Waals surface area (Å²) in [6, 6.07) is 21.4. The summed E-state index contributed by atoms with van der Waals surface area (Å²) in [5, 5.41) is 9.42. The van der Waals surface area contributed by atoms with E-state index in [2.05, 4.69) is 10.2 Å². The summed E-state index contributed by atoms with van der Waals surface area (Å²) >= 11 is 6.05. The summed E-state index contributed by atoms with van der Waals surface area (Å²) in [4.78, 5) is 13.0. The Morgan fingerprint density at radius 3 is 2.18 bits per heavy atom. The summed E-state index contributed by atoms with van der Waals surface area (Å²) < 4.78 is 41.0. The van der Waals surface area contributed by atoms with Gasteiger partial charge in [-0.1, -0.05) is 66.2 Å². The van der Waals surface area contributed by atoms with Gasteiger partial charge < -0.3 is 0 Å². The molecule has 0 saturated heterocycles. The van der Waals surface area contributed by atoms with Crippen LogP contribution >= 0.6 is 11.6 Å². The zero-order valence-electron chi connectivity index (χ0n) is 17.5. The number of hydrogen-bond acceptors (Lipinski definition) is 3. The Labute approximate surface area is 196 Å². The van der Waals surface area contributed by atoms with Gasteiger partial charge in [-0.05, 0) is 41.0 Å². The Bertz CT molecular complexity index is 1520. The molecule has 0 aliphatic rings. The lowest BCUT2D eigenvalue weighted by Crippen LogP contribution is -2.23. The van der Waals surface area contributed by atoms with Crippen molar-refractivity contribution in [1.82, 2.24) is 19.4 Å². The van der Waals surface area contributed by atoms with E-state index in [4.69, 9.17) is 11.6 Å². The maximum atomic E-state index is 13.0. The highest BCUT2D eigenvalue weighted by Crippen LogP contribution is 2.34. The van der Waals surface area contributed by atoms with E-state index in [-0.39, 0.29) is 6.54 Å². The van der Waals surface area contributed by atoms with Gasteiger partial charge in [0.25, 0.3) is 0 Å². The van der Waals surface area contributed by atoms with Gasteiger partial charge in [-0.2, -0.15) is 22.8 Å². The minimum absolute atomic E-state index is 0.00480. The molecule has 0 radical (unpaired) electrons. The van der Waals surface area contributed by atoms with Crippen LogP contribution in [0.15, 0.2) is 89.9 Å². The molecule has 2 heterocycles. The normalized spacial score (nSPS) is 11.8. The first-order chi connectivity index (χ1) is 16.3. The number of hydrogen-bond donors (Lipinski definition) is 0. The highest BCUT2D eigenvalue weighted by atomic mass is 35.5. The average molecular weight is 481 g/mol. The summed E-state index contributed by atoms with van der Waals surface area (Å²) in [7, 11) is 0. The highest BCUT2D eigenvalue weighted by molar-refractivity contribution is 6.30. The molecule has 0 bridgehead atoms. The monoisotopic (exact) mass is 480 g/mol. The van der Waals surface area contributed by atoms with E-state index in [1.54, 1.807) is 18.3 Å². The molecule has 9 heteroatoms. The standard InChI is InChI=1S/C25H16ClF3N4O/c26-20-12-8-17(9-13-20)21-14-30-33-23(22(21)18-4-2-1-3-5-18)31-32(24(33)34)15-16-6-10-19(11-7-16)25(27,28)29/h1-14H,15H2. The second-order valence-corrected chi connectivity index (χ2v) is 8.11. The van der Waals surface area contributed by atoms with Crippen LogP contribution in [0.1, 0.15) is 11.1 Å². The second-order valence-electron chi connectivity index (χ2n) is 7.68. The Hall–Kier alpha value is -3.91. The Kier molecular flexibility index (Phi) is 5.45. The SMILES string of the molecule is O=c1n(Cc2ccc(C(F)(F)F)cc2)nc2c(-c3ccccc3)c(-c3ccc(Cl)cc3)cnn12. The first-order valence-corrected chi connectivity index (χ1v) is 10.7. The molecule has 5 aromatic rings. The molecule has 2 aromatic heterocycles. The first-order valence-electron chi connectivity index (χ1n) is 10.3. The van der Waals surface area contributed by atoms with Crippen molar-refractivity contribution in [3.8, 4) is 22.3 Å². The molecule has 0 aliphatic heterocycles. The summed E-state index contributed by atoms with van der Waals surface area (Å²) in [6.07, 6.45) is -2.82. The molecule has 3 aromatic carbocycles. The maximum absolute atomic E-state index is 13.0. The van der Waals surface area contributed by atoms with Gasteiger partial charge >= 0.3 is 11.9 Å². The molecule has 0 saturated carbocycles. The lowest BCUT2D eigenvalue weighted by molar-refractivity contribution is -0.137. The van der Waals surface area contributed by atoms with Gasteiger partial charge in [0.1, 0.15) is 0 Å². The fraction of sp³-hybridized carbons (Fsp3) is 0.0800. The smallest absolute Gasteiger partial charge is 0.244 e. The average Bonchev–Trinajstić information content (AvgIpc) is 3.14. The van der Waals surface area contributed by atoms with Crippen LogP contribution in [-0.4, -0.2) is 19.4 Å². The molecule has 0 spiro atoms. The van der Waals surface area contributed by atoms with Crippen LogP contribution in [0.5, 0.6) is 0 Å².